The molecule has 5 heteroatoms. The van der Waals surface area contributed by atoms with Crippen LogP contribution < -0.4 is 11.3 Å². The summed E-state index contributed by atoms with van der Waals surface area (Å²) in [7, 11) is 4.35. The van der Waals surface area contributed by atoms with Gasteiger partial charge in [-0.2, -0.15) is 0 Å². The van der Waals surface area contributed by atoms with E-state index in [1.54, 1.807) is 0 Å². The molecule has 0 saturated carbocycles. The van der Waals surface area contributed by atoms with E-state index in [1.807, 2.05) is 6.07 Å². The van der Waals surface area contributed by atoms with Crippen molar-refractivity contribution in [2.24, 2.45) is 5.84 Å². The number of benzene rings is 1. The summed E-state index contributed by atoms with van der Waals surface area (Å²) >= 11 is 0. The van der Waals surface area contributed by atoms with Crippen LogP contribution in [-0.2, 0) is 0 Å². The largest absolute Gasteiger partial charge is 0.361 e. The van der Waals surface area contributed by atoms with E-state index >= 15 is 0 Å². The Kier molecular flexibility index (Phi) is 3.76. The van der Waals surface area contributed by atoms with E-state index in [0.717, 1.165) is 25.2 Å². The van der Waals surface area contributed by atoms with Crippen LogP contribution in [0.2, 0.25) is 0 Å². The first-order valence-electron chi connectivity index (χ1n) is 7.11. The molecule has 0 radical (unpaired) electrons. The molecule has 0 spiro atoms. The molecule has 5 nitrogen and oxygen atoms in total. The molecule has 3 rings (SSSR count). The number of nitrogens with one attached hydrogen (secondary N) is 2. The van der Waals surface area contributed by atoms with Gasteiger partial charge in [0.1, 0.15) is 0 Å². The van der Waals surface area contributed by atoms with E-state index in [9.17, 15) is 0 Å². The Bertz CT molecular complexity index is 578. The third-order valence-corrected chi connectivity index (χ3v) is 4.42. The van der Waals surface area contributed by atoms with Gasteiger partial charge in [-0.1, -0.05) is 18.2 Å². The van der Waals surface area contributed by atoms with Gasteiger partial charge in [-0.15, -0.1) is 0 Å². The maximum Gasteiger partial charge on any atom is 0.0648 e. The highest BCUT2D eigenvalue weighted by Crippen LogP contribution is 2.28. The predicted molar refractivity (Wildman–Crippen MR) is 82.3 cm³/mol. The number of piperazine rings is 1. The Morgan fingerprint density at radius 2 is 2.10 bits per heavy atom. The number of rotatable bonds is 3. The van der Waals surface area contributed by atoms with Gasteiger partial charge in [0.25, 0.3) is 0 Å². The molecule has 1 fully saturated rings. The Hall–Kier alpha value is -1.40. The normalized spacial score (nSPS) is 23.2. The van der Waals surface area contributed by atoms with Crippen LogP contribution in [0.25, 0.3) is 10.9 Å². The lowest BCUT2D eigenvalue weighted by Crippen LogP contribution is -2.56. The first kappa shape index (κ1) is 13.6. The van der Waals surface area contributed by atoms with Gasteiger partial charge >= 0.3 is 0 Å². The Morgan fingerprint density at radius 3 is 2.90 bits per heavy atom. The fourth-order valence-corrected chi connectivity index (χ4v) is 3.16. The van der Waals surface area contributed by atoms with E-state index in [1.165, 1.54) is 10.9 Å². The van der Waals surface area contributed by atoms with Crippen LogP contribution in [0, 0.1) is 0 Å². The van der Waals surface area contributed by atoms with Crippen LogP contribution >= 0.6 is 0 Å². The number of likely N-dealkylation sites (N-methyl/N-ethyl adjacent to an activating group) is 2. The van der Waals surface area contributed by atoms with Gasteiger partial charge in [0.2, 0.25) is 0 Å². The van der Waals surface area contributed by atoms with Gasteiger partial charge in [0.15, 0.2) is 0 Å². The second kappa shape index (κ2) is 5.54. The molecular weight excluding hydrogens is 250 g/mol. The van der Waals surface area contributed by atoms with Gasteiger partial charge < -0.3 is 9.88 Å². The summed E-state index contributed by atoms with van der Waals surface area (Å²) in [5.74, 6) is 5.88. The van der Waals surface area contributed by atoms with E-state index in [-0.39, 0.29) is 6.04 Å². The van der Waals surface area contributed by atoms with Crippen molar-refractivity contribution in [3.63, 3.8) is 0 Å². The fourth-order valence-electron chi connectivity index (χ4n) is 3.16. The van der Waals surface area contributed by atoms with Crippen LogP contribution in [0.3, 0.4) is 0 Å². The number of aromatic amines is 1. The molecule has 2 unspecified atom stereocenters. The summed E-state index contributed by atoms with van der Waals surface area (Å²) in [6.45, 7) is 3.20. The maximum atomic E-state index is 5.88. The predicted octanol–water partition coefficient (Wildman–Crippen LogP) is 0.918. The summed E-state index contributed by atoms with van der Waals surface area (Å²) in [4.78, 5) is 8.10. The van der Waals surface area contributed by atoms with Crippen LogP contribution in [0.15, 0.2) is 30.5 Å². The van der Waals surface area contributed by atoms with Crippen molar-refractivity contribution in [1.29, 1.82) is 0 Å². The minimum absolute atomic E-state index is 0.124. The van der Waals surface area contributed by atoms with Crippen molar-refractivity contribution >= 4 is 10.9 Å². The first-order chi connectivity index (χ1) is 9.70. The second-order valence-electron chi connectivity index (χ2n) is 5.74. The summed E-state index contributed by atoms with van der Waals surface area (Å²) in [6.07, 6.45) is 2.08. The molecule has 0 aliphatic carbocycles. The highest BCUT2D eigenvalue weighted by molar-refractivity contribution is 5.83. The smallest absolute Gasteiger partial charge is 0.0648 e. The first-order valence-corrected chi connectivity index (χ1v) is 7.11. The monoisotopic (exact) mass is 273 g/mol. The number of nitrogens with zero attached hydrogens (tertiary/aromatic N) is 2. The van der Waals surface area contributed by atoms with Crippen molar-refractivity contribution in [2.75, 3.05) is 33.7 Å². The lowest BCUT2D eigenvalue weighted by atomic mass is 9.96. The van der Waals surface area contributed by atoms with E-state index in [4.69, 9.17) is 5.84 Å². The summed E-state index contributed by atoms with van der Waals surface area (Å²) < 4.78 is 0. The van der Waals surface area contributed by atoms with Crippen LogP contribution in [0.1, 0.15) is 11.6 Å². The molecule has 2 heterocycles. The van der Waals surface area contributed by atoms with Gasteiger partial charge in [0.05, 0.1) is 6.04 Å². The molecule has 20 heavy (non-hydrogen) atoms. The molecule has 1 aromatic heterocycles. The second-order valence-corrected chi connectivity index (χ2v) is 5.74. The SMILES string of the molecule is CN1CCN(C)C(C(NN)c2c[nH]c3ccccc23)C1. The van der Waals surface area contributed by atoms with E-state index < -0.39 is 0 Å². The average Bonchev–Trinajstić information content (AvgIpc) is 2.88. The number of aromatic nitrogens is 1. The van der Waals surface area contributed by atoms with Gasteiger partial charge in [0, 0.05) is 42.8 Å². The third kappa shape index (κ3) is 2.33. The fraction of sp³-hybridized carbons (Fsp3) is 0.467. The Labute approximate surface area is 119 Å². The number of hydrogen-bond donors (Lipinski definition) is 3. The molecule has 1 aliphatic heterocycles. The van der Waals surface area contributed by atoms with E-state index in [0.29, 0.717) is 6.04 Å². The molecular formula is C15H23N5. The molecule has 1 saturated heterocycles. The van der Waals surface area contributed by atoms with Crippen molar-refractivity contribution in [1.82, 2.24) is 20.2 Å². The van der Waals surface area contributed by atoms with Crippen LogP contribution in [-0.4, -0.2) is 54.6 Å². The molecule has 4 N–H and O–H groups in total. The molecule has 1 aliphatic rings. The quantitative estimate of drug-likeness (QED) is 0.575. The molecule has 1 aromatic carbocycles. The van der Waals surface area contributed by atoms with Crippen molar-refractivity contribution in [2.45, 2.75) is 12.1 Å². The van der Waals surface area contributed by atoms with E-state index in [2.05, 4.69) is 58.7 Å². The maximum absolute atomic E-state index is 5.88. The topological polar surface area (TPSA) is 60.3 Å². The molecule has 2 atom stereocenters. The van der Waals surface area contributed by atoms with Crippen molar-refractivity contribution in [3.8, 4) is 0 Å². The van der Waals surface area contributed by atoms with Crippen molar-refractivity contribution in [3.05, 3.63) is 36.0 Å². The van der Waals surface area contributed by atoms with Gasteiger partial charge in [-0.3, -0.25) is 16.2 Å². The summed E-state index contributed by atoms with van der Waals surface area (Å²) in [5, 5.41) is 1.25. The molecule has 2 aromatic rings. The number of H-pyrrole nitrogens is 1. The summed E-state index contributed by atoms with van der Waals surface area (Å²) in [6, 6.07) is 8.87. The van der Waals surface area contributed by atoms with Crippen molar-refractivity contribution < 1.29 is 0 Å². The minimum atomic E-state index is 0.124. The lowest BCUT2D eigenvalue weighted by Gasteiger charge is -2.41. The minimum Gasteiger partial charge on any atom is -0.361 e. The average molecular weight is 273 g/mol. The standard InChI is InChI=1S/C15H23N5/c1-19-7-8-20(2)14(10-19)15(18-16)12-9-17-13-6-4-3-5-11(12)13/h3-6,9,14-15,17-18H,7-8,10,16H2,1-2H3. The lowest BCUT2D eigenvalue weighted by molar-refractivity contribution is 0.0880. The molecule has 0 bridgehead atoms. The van der Waals surface area contributed by atoms with Crippen LogP contribution in [0.5, 0.6) is 0 Å². The van der Waals surface area contributed by atoms with Gasteiger partial charge in [-0.05, 0) is 25.7 Å². The highest BCUT2D eigenvalue weighted by Gasteiger charge is 2.31. The zero-order chi connectivity index (χ0) is 14.1. The summed E-state index contributed by atoms with van der Waals surface area (Å²) in [5.41, 5.74) is 5.44. The van der Waals surface area contributed by atoms with Crippen LogP contribution in [0.4, 0.5) is 0 Å². The number of fused-ring (bicyclic) bond motifs is 1. The third-order valence-electron chi connectivity index (χ3n) is 4.42. The number of hydrazine groups is 1. The number of nitrogens with two attached hydrogens (primary N) is 1. The Morgan fingerprint density at radius 1 is 1.30 bits per heavy atom. The van der Waals surface area contributed by atoms with Gasteiger partial charge in [-0.25, -0.2) is 0 Å². The number of para-hydroxylation sites is 1. The zero-order valence-electron chi connectivity index (χ0n) is 12.1. The Balaban J connectivity index is 1.96. The number of hydrogen-bond acceptors (Lipinski definition) is 4. The zero-order valence-corrected chi connectivity index (χ0v) is 12.1. The highest BCUT2D eigenvalue weighted by atomic mass is 15.3. The molecule has 108 valence electrons. The molecule has 0 amide bonds.